The van der Waals surface area contributed by atoms with Crippen molar-refractivity contribution in [3.05, 3.63) is 78.1 Å². The molecule has 2 aromatic carbocycles. The maximum absolute atomic E-state index is 12.7. The van der Waals surface area contributed by atoms with Crippen molar-refractivity contribution in [3.8, 4) is 11.5 Å². The molecule has 0 saturated carbocycles. The molecule has 1 amide bonds. The Hall–Kier alpha value is -3.08. The summed E-state index contributed by atoms with van der Waals surface area (Å²) >= 11 is 0. The van der Waals surface area contributed by atoms with Gasteiger partial charge in [0.25, 0.3) is 5.91 Å². The summed E-state index contributed by atoms with van der Waals surface area (Å²) in [5, 5.41) is 4.24. The lowest BCUT2D eigenvalue weighted by Crippen LogP contribution is -2.26. The van der Waals surface area contributed by atoms with Crippen LogP contribution in [0.1, 0.15) is 22.8 Å². The van der Waals surface area contributed by atoms with Crippen LogP contribution in [0.3, 0.4) is 0 Å². The fraction of sp³-hybridized carbons (Fsp3) is 0.200. The first-order valence-corrected chi connectivity index (χ1v) is 8.25. The van der Waals surface area contributed by atoms with Crippen LogP contribution in [0.5, 0.6) is 11.5 Å². The maximum Gasteiger partial charge on any atom is 0.254 e. The molecule has 1 aromatic heterocycles. The molecule has 1 heterocycles. The average molecular weight is 335 g/mol. The third kappa shape index (κ3) is 4.26. The molecule has 0 aliphatic carbocycles. The molecule has 0 saturated heterocycles. The maximum atomic E-state index is 12.7. The van der Waals surface area contributed by atoms with Crippen molar-refractivity contribution in [1.29, 1.82) is 0 Å². The van der Waals surface area contributed by atoms with Gasteiger partial charge in [-0.1, -0.05) is 24.3 Å². The number of ether oxygens (including phenoxy) is 1. The van der Waals surface area contributed by atoms with Crippen molar-refractivity contribution in [2.24, 2.45) is 0 Å². The van der Waals surface area contributed by atoms with Gasteiger partial charge in [-0.3, -0.25) is 9.48 Å². The number of hydrogen-bond donors (Lipinski definition) is 0. The summed E-state index contributed by atoms with van der Waals surface area (Å²) in [5.41, 5.74) is 1.60. The van der Waals surface area contributed by atoms with Crippen LogP contribution in [-0.2, 0) is 13.1 Å². The van der Waals surface area contributed by atoms with Gasteiger partial charge in [-0.05, 0) is 37.3 Å². The van der Waals surface area contributed by atoms with E-state index in [9.17, 15) is 4.79 Å². The number of carbonyl (C=O) groups is 1. The molecule has 0 radical (unpaired) electrons. The van der Waals surface area contributed by atoms with Crippen LogP contribution in [0.25, 0.3) is 0 Å². The summed E-state index contributed by atoms with van der Waals surface area (Å²) in [7, 11) is 1.79. The summed E-state index contributed by atoms with van der Waals surface area (Å²) in [5.74, 6) is 1.33. The van der Waals surface area contributed by atoms with Gasteiger partial charge in [0.15, 0.2) is 0 Å². The normalized spacial score (nSPS) is 10.5. The van der Waals surface area contributed by atoms with Crippen molar-refractivity contribution in [1.82, 2.24) is 14.7 Å². The molecule has 3 aromatic rings. The van der Waals surface area contributed by atoms with E-state index in [0.717, 1.165) is 17.9 Å². The Morgan fingerprint density at radius 2 is 1.88 bits per heavy atom. The van der Waals surface area contributed by atoms with Crippen molar-refractivity contribution in [2.75, 3.05) is 7.05 Å². The second-order valence-electron chi connectivity index (χ2n) is 5.81. The summed E-state index contributed by atoms with van der Waals surface area (Å²) in [4.78, 5) is 14.4. The monoisotopic (exact) mass is 335 g/mol. The summed E-state index contributed by atoms with van der Waals surface area (Å²) in [6.07, 6.45) is 3.75. The van der Waals surface area contributed by atoms with Gasteiger partial charge in [-0.15, -0.1) is 0 Å². The molecule has 5 heteroatoms. The highest BCUT2D eigenvalue weighted by atomic mass is 16.5. The van der Waals surface area contributed by atoms with Crippen LogP contribution >= 0.6 is 0 Å². The highest BCUT2D eigenvalue weighted by Gasteiger charge is 2.14. The van der Waals surface area contributed by atoms with Gasteiger partial charge in [0.1, 0.15) is 11.5 Å². The predicted molar refractivity (Wildman–Crippen MR) is 96.7 cm³/mol. The molecular weight excluding hydrogens is 314 g/mol. The number of aromatic nitrogens is 2. The first kappa shape index (κ1) is 16.8. The lowest BCUT2D eigenvalue weighted by molar-refractivity contribution is 0.0784. The van der Waals surface area contributed by atoms with Crippen molar-refractivity contribution in [2.45, 2.75) is 20.0 Å². The zero-order valence-corrected chi connectivity index (χ0v) is 14.4. The van der Waals surface area contributed by atoms with E-state index in [4.69, 9.17) is 4.74 Å². The molecule has 0 N–H and O–H groups in total. The number of benzene rings is 2. The second kappa shape index (κ2) is 7.66. The zero-order chi connectivity index (χ0) is 17.6. The van der Waals surface area contributed by atoms with E-state index in [1.165, 1.54) is 0 Å². The number of rotatable bonds is 6. The molecule has 128 valence electrons. The van der Waals surface area contributed by atoms with E-state index in [2.05, 4.69) is 5.10 Å². The number of aryl methyl sites for hydroxylation is 1. The summed E-state index contributed by atoms with van der Waals surface area (Å²) in [6, 6.07) is 16.8. The standard InChI is InChI=1S/C20H21N3O2/c1-3-23-15-16(13-21-23)14-22(2)20(24)17-8-7-11-19(12-17)25-18-9-5-4-6-10-18/h4-13,15H,3,14H2,1-2H3. The van der Waals surface area contributed by atoms with Gasteiger partial charge >= 0.3 is 0 Å². The Kier molecular flexibility index (Phi) is 5.14. The number of carbonyl (C=O) groups excluding carboxylic acids is 1. The van der Waals surface area contributed by atoms with Crippen LogP contribution < -0.4 is 4.74 Å². The van der Waals surface area contributed by atoms with Gasteiger partial charge in [-0.2, -0.15) is 5.10 Å². The van der Waals surface area contributed by atoms with Crippen LogP contribution in [0.2, 0.25) is 0 Å². The van der Waals surface area contributed by atoms with E-state index in [1.54, 1.807) is 30.3 Å². The highest BCUT2D eigenvalue weighted by Crippen LogP contribution is 2.22. The smallest absolute Gasteiger partial charge is 0.254 e. The Balaban J connectivity index is 1.69. The summed E-state index contributed by atoms with van der Waals surface area (Å²) < 4.78 is 7.65. The van der Waals surface area contributed by atoms with Crippen LogP contribution in [0.15, 0.2) is 67.0 Å². The Bertz CT molecular complexity index is 843. The van der Waals surface area contributed by atoms with Crippen LogP contribution in [0, 0.1) is 0 Å². The molecule has 0 aliphatic rings. The summed E-state index contributed by atoms with van der Waals surface area (Å²) in [6.45, 7) is 3.36. The second-order valence-corrected chi connectivity index (χ2v) is 5.81. The molecular formula is C20H21N3O2. The Morgan fingerprint density at radius 3 is 2.60 bits per heavy atom. The topological polar surface area (TPSA) is 47.4 Å². The number of nitrogens with zero attached hydrogens (tertiary/aromatic N) is 3. The number of amides is 1. The fourth-order valence-corrected chi connectivity index (χ4v) is 2.54. The number of para-hydroxylation sites is 1. The largest absolute Gasteiger partial charge is 0.457 e. The molecule has 5 nitrogen and oxygen atoms in total. The van der Waals surface area contributed by atoms with Gasteiger partial charge in [0.05, 0.1) is 6.20 Å². The fourth-order valence-electron chi connectivity index (χ4n) is 2.54. The van der Waals surface area contributed by atoms with Crippen molar-refractivity contribution in [3.63, 3.8) is 0 Å². The first-order chi connectivity index (χ1) is 12.2. The van der Waals surface area contributed by atoms with E-state index in [1.807, 2.05) is 60.3 Å². The Morgan fingerprint density at radius 1 is 1.12 bits per heavy atom. The molecule has 0 atom stereocenters. The molecule has 0 unspecified atom stereocenters. The van der Waals surface area contributed by atoms with Crippen molar-refractivity contribution >= 4 is 5.91 Å². The molecule has 3 rings (SSSR count). The van der Waals surface area contributed by atoms with Gasteiger partial charge < -0.3 is 9.64 Å². The van der Waals surface area contributed by atoms with E-state index in [0.29, 0.717) is 17.9 Å². The molecule has 0 aliphatic heterocycles. The van der Waals surface area contributed by atoms with Crippen LogP contribution in [-0.4, -0.2) is 27.6 Å². The predicted octanol–water partition coefficient (Wildman–Crippen LogP) is 3.97. The zero-order valence-electron chi connectivity index (χ0n) is 14.4. The van der Waals surface area contributed by atoms with Gasteiger partial charge in [-0.25, -0.2) is 0 Å². The third-order valence-corrected chi connectivity index (χ3v) is 3.84. The highest BCUT2D eigenvalue weighted by molar-refractivity contribution is 5.94. The SMILES string of the molecule is CCn1cc(CN(C)C(=O)c2cccc(Oc3ccccc3)c2)cn1. The van der Waals surface area contributed by atoms with E-state index < -0.39 is 0 Å². The minimum atomic E-state index is -0.0530. The van der Waals surface area contributed by atoms with E-state index >= 15 is 0 Å². The number of hydrogen-bond acceptors (Lipinski definition) is 3. The minimum Gasteiger partial charge on any atom is -0.457 e. The van der Waals surface area contributed by atoms with E-state index in [-0.39, 0.29) is 5.91 Å². The lowest BCUT2D eigenvalue weighted by atomic mass is 10.2. The van der Waals surface area contributed by atoms with Gasteiger partial charge in [0.2, 0.25) is 0 Å². The average Bonchev–Trinajstić information content (AvgIpc) is 3.09. The van der Waals surface area contributed by atoms with Crippen molar-refractivity contribution < 1.29 is 9.53 Å². The first-order valence-electron chi connectivity index (χ1n) is 8.25. The molecule has 0 bridgehead atoms. The van der Waals surface area contributed by atoms with Crippen LogP contribution in [0.4, 0.5) is 0 Å². The van der Waals surface area contributed by atoms with Gasteiger partial charge in [0, 0.05) is 37.5 Å². The minimum absolute atomic E-state index is 0.0530. The quantitative estimate of drug-likeness (QED) is 0.685. The lowest BCUT2D eigenvalue weighted by Gasteiger charge is -2.17. The molecule has 0 spiro atoms. The molecule has 25 heavy (non-hydrogen) atoms. The third-order valence-electron chi connectivity index (χ3n) is 3.84. The molecule has 0 fully saturated rings. The Labute approximate surface area is 147 Å².